The lowest BCUT2D eigenvalue weighted by molar-refractivity contribution is -0.388. The number of rotatable bonds is 11. The molecule has 0 radical (unpaired) electrons. The maximum absolute atomic E-state index is 13.6. The number of aromatic nitrogens is 1. The van der Waals surface area contributed by atoms with Gasteiger partial charge in [-0.1, -0.05) is 23.9 Å². The zero-order valence-corrected chi connectivity index (χ0v) is 23.6. The highest BCUT2D eigenvalue weighted by Crippen LogP contribution is 2.28. The number of benzene rings is 1. The van der Waals surface area contributed by atoms with Crippen LogP contribution in [0.4, 0.5) is 5.69 Å². The first-order valence-electron chi connectivity index (χ1n) is 13.5. The summed E-state index contributed by atoms with van der Waals surface area (Å²) in [5, 5.41) is 23.8. The molecular weight excluding hydrogens is 566 g/mol. The molecule has 14 nitrogen and oxygen atoms in total. The van der Waals surface area contributed by atoms with E-state index in [-0.39, 0.29) is 35.2 Å². The molecule has 4 atom stereocenters. The number of likely N-dealkylation sites (tertiary alicyclic amines) is 2. The Labute approximate surface area is 246 Å². The van der Waals surface area contributed by atoms with E-state index < -0.39 is 52.7 Å². The van der Waals surface area contributed by atoms with Crippen molar-refractivity contribution in [2.24, 2.45) is 11.5 Å². The average Bonchev–Trinajstić information content (AvgIpc) is 3.66. The molecule has 0 spiro atoms. The minimum absolute atomic E-state index is 0.0697. The SMILES string of the molecule is NC(=O)[C@@H]1CCCN1C(=O)[C@H](CSc1ncccc1[N+](=O)[O-])NC(=O)[C@@H]1CCCN1C(=O)[C@@H](N)Cc1ccc(O)cc1. The Hall–Kier alpha value is -4.24. The Morgan fingerprint density at radius 2 is 1.71 bits per heavy atom. The quantitative estimate of drug-likeness (QED) is 0.157. The second-order valence-electron chi connectivity index (χ2n) is 10.2. The summed E-state index contributed by atoms with van der Waals surface area (Å²) in [5.74, 6) is -2.21. The number of primary amides is 1. The summed E-state index contributed by atoms with van der Waals surface area (Å²) >= 11 is 0.929. The number of carbonyl (C=O) groups is 4. The largest absolute Gasteiger partial charge is 0.508 e. The van der Waals surface area contributed by atoms with Gasteiger partial charge in [-0.2, -0.15) is 0 Å². The molecule has 0 aliphatic carbocycles. The number of nitrogens with zero attached hydrogens (tertiary/aromatic N) is 4. The fourth-order valence-electron chi connectivity index (χ4n) is 5.25. The van der Waals surface area contributed by atoms with Crippen LogP contribution in [0, 0.1) is 10.1 Å². The number of phenolic OH excluding ortho intramolecular Hbond substituents is 1. The molecule has 1 aromatic carbocycles. The van der Waals surface area contributed by atoms with Gasteiger partial charge in [-0.25, -0.2) is 4.98 Å². The molecule has 2 aromatic rings. The van der Waals surface area contributed by atoms with Crippen molar-refractivity contribution in [3.63, 3.8) is 0 Å². The van der Waals surface area contributed by atoms with Crippen LogP contribution in [0.3, 0.4) is 0 Å². The lowest BCUT2D eigenvalue weighted by atomic mass is 10.0. The second kappa shape index (κ2) is 13.6. The zero-order chi connectivity index (χ0) is 30.4. The number of amides is 4. The monoisotopic (exact) mass is 599 g/mol. The topological polar surface area (TPSA) is 215 Å². The maximum atomic E-state index is 13.6. The standard InChI is InChI=1S/C27H33N7O7S/c28-18(14-16-7-9-17(35)10-8-16)26(38)33-13-3-6-21(33)24(37)31-19(27(39)32-12-2-5-20(32)23(29)36)15-42-25-22(34(40)41)4-1-11-30-25/h1,4,7-11,18-21,35H,2-3,5-6,12-15,28H2,(H2,29,36)(H,31,37)/t18-,19-,20-,21-/m0/s1. The summed E-state index contributed by atoms with van der Waals surface area (Å²) in [5.41, 5.74) is 12.2. The van der Waals surface area contributed by atoms with Crippen molar-refractivity contribution >= 4 is 41.1 Å². The number of nitrogens with one attached hydrogen (secondary N) is 1. The lowest BCUT2D eigenvalue weighted by Crippen LogP contribution is -2.57. The van der Waals surface area contributed by atoms with Crippen molar-refractivity contribution in [3.05, 3.63) is 58.3 Å². The van der Waals surface area contributed by atoms with Crippen LogP contribution in [0.25, 0.3) is 0 Å². The molecular formula is C27H33N7O7S. The highest BCUT2D eigenvalue weighted by atomic mass is 32.2. The minimum atomic E-state index is -1.17. The molecule has 15 heteroatoms. The molecule has 4 rings (SSSR count). The van der Waals surface area contributed by atoms with E-state index in [1.165, 1.54) is 40.3 Å². The van der Waals surface area contributed by atoms with Gasteiger partial charge in [0.25, 0.3) is 0 Å². The fourth-order valence-corrected chi connectivity index (χ4v) is 6.23. The molecule has 2 fully saturated rings. The van der Waals surface area contributed by atoms with Crippen LogP contribution < -0.4 is 16.8 Å². The molecule has 0 unspecified atom stereocenters. The van der Waals surface area contributed by atoms with Gasteiger partial charge in [0.15, 0.2) is 5.03 Å². The summed E-state index contributed by atoms with van der Waals surface area (Å²) in [6.07, 6.45) is 3.45. The third-order valence-electron chi connectivity index (χ3n) is 7.36. The second-order valence-corrected chi connectivity index (χ2v) is 11.2. The van der Waals surface area contributed by atoms with Crippen molar-refractivity contribution in [2.45, 2.75) is 61.3 Å². The maximum Gasteiger partial charge on any atom is 0.301 e. The number of hydrogen-bond acceptors (Lipinski definition) is 10. The normalized spacial score (nSPS) is 19.7. The Kier molecular flexibility index (Phi) is 9.96. The molecule has 42 heavy (non-hydrogen) atoms. The van der Waals surface area contributed by atoms with E-state index in [4.69, 9.17) is 11.5 Å². The first kappa shape index (κ1) is 30.7. The summed E-state index contributed by atoms with van der Waals surface area (Å²) in [6, 6.07) is 5.22. The van der Waals surface area contributed by atoms with Gasteiger partial charge in [-0.15, -0.1) is 0 Å². The fraction of sp³-hybridized carbons (Fsp3) is 0.444. The summed E-state index contributed by atoms with van der Waals surface area (Å²) in [4.78, 5) is 70.1. The number of hydrogen-bond donors (Lipinski definition) is 4. The average molecular weight is 600 g/mol. The number of aromatic hydroxyl groups is 1. The molecule has 0 saturated carbocycles. The molecule has 2 aliphatic heterocycles. The van der Waals surface area contributed by atoms with Gasteiger partial charge in [-0.3, -0.25) is 29.3 Å². The van der Waals surface area contributed by atoms with E-state index in [1.54, 1.807) is 12.1 Å². The number of carbonyl (C=O) groups excluding carboxylic acids is 4. The summed E-state index contributed by atoms with van der Waals surface area (Å²) < 4.78 is 0. The van der Waals surface area contributed by atoms with Crippen LogP contribution in [0.2, 0.25) is 0 Å². The molecule has 2 aliphatic rings. The van der Waals surface area contributed by atoms with Crippen molar-refractivity contribution < 1.29 is 29.2 Å². The van der Waals surface area contributed by atoms with Gasteiger partial charge in [0.05, 0.1) is 11.0 Å². The van der Waals surface area contributed by atoms with Gasteiger partial charge in [0.1, 0.15) is 23.9 Å². The van der Waals surface area contributed by atoms with Crippen LogP contribution >= 0.6 is 11.8 Å². The van der Waals surface area contributed by atoms with E-state index in [1.807, 2.05) is 0 Å². The lowest BCUT2D eigenvalue weighted by Gasteiger charge is -2.30. The number of pyridine rings is 1. The smallest absolute Gasteiger partial charge is 0.301 e. The van der Waals surface area contributed by atoms with Gasteiger partial charge < -0.3 is 31.7 Å². The summed E-state index contributed by atoms with van der Waals surface area (Å²) in [6.45, 7) is 0.580. The number of phenols is 1. The predicted molar refractivity (Wildman–Crippen MR) is 152 cm³/mol. The first-order chi connectivity index (χ1) is 20.1. The molecule has 3 heterocycles. The summed E-state index contributed by atoms with van der Waals surface area (Å²) in [7, 11) is 0. The van der Waals surface area contributed by atoms with Crippen LogP contribution in [0.15, 0.2) is 47.6 Å². The van der Waals surface area contributed by atoms with Crippen LogP contribution in [-0.4, -0.2) is 91.5 Å². The number of thioether (sulfide) groups is 1. The molecule has 6 N–H and O–H groups in total. The Morgan fingerprint density at radius 3 is 2.36 bits per heavy atom. The van der Waals surface area contributed by atoms with E-state index in [0.717, 1.165) is 17.3 Å². The van der Waals surface area contributed by atoms with Crippen molar-refractivity contribution in [3.8, 4) is 5.75 Å². The van der Waals surface area contributed by atoms with E-state index in [2.05, 4.69) is 10.3 Å². The van der Waals surface area contributed by atoms with E-state index >= 15 is 0 Å². The molecule has 2 saturated heterocycles. The third kappa shape index (κ3) is 7.15. The molecule has 0 bridgehead atoms. The Bertz CT molecular complexity index is 1340. The van der Waals surface area contributed by atoms with Crippen LogP contribution in [-0.2, 0) is 25.6 Å². The van der Waals surface area contributed by atoms with Gasteiger partial charge in [0, 0.05) is 31.1 Å². The van der Waals surface area contributed by atoms with Gasteiger partial charge in [-0.05, 0) is 55.9 Å². The zero-order valence-electron chi connectivity index (χ0n) is 22.8. The van der Waals surface area contributed by atoms with Crippen LogP contribution in [0.5, 0.6) is 5.75 Å². The number of nitrogens with two attached hydrogens (primary N) is 2. The Balaban J connectivity index is 1.50. The van der Waals surface area contributed by atoms with Crippen molar-refractivity contribution in [1.29, 1.82) is 0 Å². The van der Waals surface area contributed by atoms with Crippen molar-refractivity contribution in [1.82, 2.24) is 20.1 Å². The first-order valence-corrected chi connectivity index (χ1v) is 14.5. The van der Waals surface area contributed by atoms with E-state index in [0.29, 0.717) is 32.2 Å². The minimum Gasteiger partial charge on any atom is -0.508 e. The van der Waals surface area contributed by atoms with Crippen LogP contribution in [0.1, 0.15) is 31.2 Å². The van der Waals surface area contributed by atoms with E-state index in [9.17, 15) is 34.4 Å². The van der Waals surface area contributed by atoms with Gasteiger partial charge >= 0.3 is 5.69 Å². The third-order valence-corrected chi connectivity index (χ3v) is 8.45. The predicted octanol–water partition coefficient (Wildman–Crippen LogP) is 0.310. The number of nitro groups is 1. The Morgan fingerprint density at radius 1 is 1.07 bits per heavy atom. The highest BCUT2D eigenvalue weighted by Gasteiger charge is 2.40. The highest BCUT2D eigenvalue weighted by molar-refractivity contribution is 7.99. The van der Waals surface area contributed by atoms with Crippen molar-refractivity contribution in [2.75, 3.05) is 18.8 Å². The van der Waals surface area contributed by atoms with Gasteiger partial charge in [0.2, 0.25) is 23.6 Å². The molecule has 224 valence electrons. The molecule has 1 aromatic heterocycles. The molecule has 4 amide bonds.